The van der Waals surface area contributed by atoms with Crippen molar-refractivity contribution in [3.8, 4) is 0 Å². The summed E-state index contributed by atoms with van der Waals surface area (Å²) in [6, 6.07) is 17.8. The highest BCUT2D eigenvalue weighted by Gasteiger charge is 2.33. The molecule has 34 heavy (non-hydrogen) atoms. The molecule has 0 aliphatic carbocycles. The van der Waals surface area contributed by atoms with E-state index in [-0.39, 0.29) is 41.7 Å². The maximum atomic E-state index is 13.6. The highest BCUT2D eigenvalue weighted by molar-refractivity contribution is 7.89. The Balaban J connectivity index is 1.81. The fourth-order valence-corrected chi connectivity index (χ4v) is 5.90. The van der Waals surface area contributed by atoms with Gasteiger partial charge in [0.15, 0.2) is 0 Å². The molecular weight excluding hydrogens is 474 g/mol. The molecule has 2 aromatic rings. The summed E-state index contributed by atoms with van der Waals surface area (Å²) in [5, 5.41) is 0. The molecule has 2 aromatic carbocycles. The average Bonchev–Trinajstić information content (AvgIpc) is 2.87. The van der Waals surface area contributed by atoms with Crippen LogP contribution in [0, 0.1) is 0 Å². The predicted molar refractivity (Wildman–Crippen MR) is 133 cm³/mol. The monoisotopic (exact) mass is 505 g/mol. The minimum Gasteiger partial charge on any atom is -0.342 e. The van der Waals surface area contributed by atoms with E-state index in [1.54, 1.807) is 40.1 Å². The maximum absolute atomic E-state index is 13.6. The van der Waals surface area contributed by atoms with Crippen molar-refractivity contribution in [3.63, 3.8) is 0 Å². The van der Waals surface area contributed by atoms with Gasteiger partial charge in [0.05, 0.1) is 11.4 Å². The van der Waals surface area contributed by atoms with Gasteiger partial charge >= 0.3 is 0 Å². The van der Waals surface area contributed by atoms with Crippen LogP contribution in [0.1, 0.15) is 31.7 Å². The van der Waals surface area contributed by atoms with Crippen LogP contribution in [0.4, 0.5) is 0 Å². The van der Waals surface area contributed by atoms with Crippen molar-refractivity contribution in [3.05, 3.63) is 66.2 Å². The summed E-state index contributed by atoms with van der Waals surface area (Å²) < 4.78 is 27.8. The predicted octanol–water partition coefficient (Wildman–Crippen LogP) is 3.35. The number of sulfonamides is 1. The van der Waals surface area contributed by atoms with Crippen LogP contribution in [0.3, 0.4) is 0 Å². The maximum Gasteiger partial charge on any atom is 0.243 e. The van der Waals surface area contributed by atoms with Crippen LogP contribution in [-0.4, -0.2) is 72.4 Å². The van der Waals surface area contributed by atoms with Crippen molar-refractivity contribution in [2.45, 2.75) is 43.7 Å². The Labute approximate surface area is 207 Å². The molecule has 184 valence electrons. The molecule has 1 saturated heterocycles. The van der Waals surface area contributed by atoms with E-state index in [9.17, 15) is 18.0 Å². The highest BCUT2D eigenvalue weighted by Crippen LogP contribution is 2.22. The average molecular weight is 506 g/mol. The van der Waals surface area contributed by atoms with Crippen molar-refractivity contribution < 1.29 is 18.0 Å². The summed E-state index contributed by atoms with van der Waals surface area (Å²) >= 11 is 5.70. The van der Waals surface area contributed by atoms with E-state index in [0.717, 1.165) is 5.56 Å². The molecule has 1 aliphatic rings. The lowest BCUT2D eigenvalue weighted by Gasteiger charge is -2.39. The van der Waals surface area contributed by atoms with Gasteiger partial charge in [0, 0.05) is 32.2 Å². The van der Waals surface area contributed by atoms with Crippen LogP contribution < -0.4 is 0 Å². The van der Waals surface area contributed by atoms with Gasteiger partial charge in [0.1, 0.15) is 5.88 Å². The zero-order chi connectivity index (χ0) is 24.6. The van der Waals surface area contributed by atoms with Crippen LogP contribution in [0.5, 0.6) is 0 Å². The number of amides is 2. The number of likely N-dealkylation sites (tertiary alicyclic amines) is 1. The first-order chi connectivity index (χ1) is 16.4. The van der Waals surface area contributed by atoms with Gasteiger partial charge < -0.3 is 9.80 Å². The molecule has 0 atom stereocenters. The number of carbonyl (C=O) groups is 2. The molecule has 1 fully saturated rings. The summed E-state index contributed by atoms with van der Waals surface area (Å²) in [6.45, 7) is 3.36. The summed E-state index contributed by atoms with van der Waals surface area (Å²) in [4.78, 5) is 29.2. The molecule has 3 rings (SSSR count). The zero-order valence-corrected chi connectivity index (χ0v) is 21.0. The summed E-state index contributed by atoms with van der Waals surface area (Å²) in [6.07, 6.45) is 1.85. The smallest absolute Gasteiger partial charge is 0.243 e. The lowest BCUT2D eigenvalue weighted by atomic mass is 10.0. The Morgan fingerprint density at radius 2 is 1.59 bits per heavy atom. The second kappa shape index (κ2) is 12.3. The number of hydrogen-bond acceptors (Lipinski definition) is 4. The molecule has 7 nitrogen and oxygen atoms in total. The number of piperidine rings is 1. The Morgan fingerprint density at radius 1 is 1.00 bits per heavy atom. The van der Waals surface area contributed by atoms with E-state index < -0.39 is 10.0 Å². The van der Waals surface area contributed by atoms with E-state index in [0.29, 0.717) is 38.9 Å². The molecule has 0 N–H and O–H groups in total. The van der Waals surface area contributed by atoms with E-state index in [2.05, 4.69) is 0 Å². The lowest BCUT2D eigenvalue weighted by molar-refractivity contribution is -0.136. The van der Waals surface area contributed by atoms with Crippen LogP contribution in [0.15, 0.2) is 65.6 Å². The number of nitrogens with zero attached hydrogens (tertiary/aromatic N) is 3. The number of benzene rings is 2. The third-order valence-corrected chi connectivity index (χ3v) is 8.14. The van der Waals surface area contributed by atoms with Crippen LogP contribution in [-0.2, 0) is 26.2 Å². The Kier molecular flexibility index (Phi) is 9.50. The Hall–Kier alpha value is -2.42. The first-order valence-electron chi connectivity index (χ1n) is 11.6. The van der Waals surface area contributed by atoms with Gasteiger partial charge in [-0.3, -0.25) is 9.59 Å². The Bertz CT molecular complexity index is 1040. The van der Waals surface area contributed by atoms with E-state index in [4.69, 9.17) is 11.6 Å². The second-order valence-corrected chi connectivity index (χ2v) is 10.6. The molecule has 0 bridgehead atoms. The normalized spacial score (nSPS) is 14.9. The topological polar surface area (TPSA) is 78.0 Å². The van der Waals surface area contributed by atoms with Crippen molar-refractivity contribution >= 4 is 33.4 Å². The van der Waals surface area contributed by atoms with Gasteiger partial charge in [-0.25, -0.2) is 8.42 Å². The number of hydrogen-bond donors (Lipinski definition) is 0. The number of rotatable bonds is 10. The molecule has 1 heterocycles. The molecule has 0 saturated carbocycles. The van der Waals surface area contributed by atoms with Gasteiger partial charge in [0.2, 0.25) is 21.8 Å². The van der Waals surface area contributed by atoms with Crippen molar-refractivity contribution in [2.24, 2.45) is 0 Å². The minimum absolute atomic E-state index is 0.0549. The van der Waals surface area contributed by atoms with Gasteiger partial charge in [-0.05, 0) is 37.0 Å². The van der Waals surface area contributed by atoms with Crippen LogP contribution >= 0.6 is 11.6 Å². The third kappa shape index (κ3) is 6.58. The first kappa shape index (κ1) is 26.2. The molecule has 0 aromatic heterocycles. The molecule has 2 amide bonds. The quantitative estimate of drug-likeness (QED) is 0.464. The van der Waals surface area contributed by atoms with Gasteiger partial charge in [-0.2, -0.15) is 4.31 Å². The van der Waals surface area contributed by atoms with E-state index in [1.165, 1.54) is 4.31 Å². The number of carbonyl (C=O) groups excluding carboxylic acids is 2. The molecular formula is C25H32ClN3O4S. The molecule has 9 heteroatoms. The van der Waals surface area contributed by atoms with Crippen LogP contribution in [0.2, 0.25) is 0 Å². The van der Waals surface area contributed by atoms with Crippen LogP contribution in [0.25, 0.3) is 0 Å². The first-order valence-corrected chi connectivity index (χ1v) is 13.6. The number of halogens is 1. The second-order valence-electron chi connectivity index (χ2n) is 8.40. The summed E-state index contributed by atoms with van der Waals surface area (Å²) in [5.41, 5.74) is 0.975. The molecule has 0 unspecified atom stereocenters. The highest BCUT2D eigenvalue weighted by atomic mass is 35.5. The molecule has 0 spiro atoms. The lowest BCUT2D eigenvalue weighted by Crippen LogP contribution is -2.51. The fourth-order valence-electron chi connectivity index (χ4n) is 4.23. The van der Waals surface area contributed by atoms with Gasteiger partial charge in [0.25, 0.3) is 0 Å². The van der Waals surface area contributed by atoms with E-state index in [1.807, 2.05) is 37.3 Å². The van der Waals surface area contributed by atoms with Crippen molar-refractivity contribution in [2.75, 3.05) is 32.1 Å². The van der Waals surface area contributed by atoms with E-state index >= 15 is 0 Å². The summed E-state index contributed by atoms with van der Waals surface area (Å²) in [7, 11) is -3.80. The zero-order valence-electron chi connectivity index (χ0n) is 19.5. The van der Waals surface area contributed by atoms with Gasteiger partial charge in [-0.1, -0.05) is 55.5 Å². The third-order valence-electron chi connectivity index (χ3n) is 6.05. The Morgan fingerprint density at radius 3 is 2.15 bits per heavy atom. The van der Waals surface area contributed by atoms with Crippen molar-refractivity contribution in [1.29, 1.82) is 0 Å². The standard InChI is InChI=1S/C25H32ClN3O4S/c1-2-15-28(34(32,33)23-11-7-4-8-12-23)20-25(31)29(19-21-9-5-3-6-10-21)22-13-16-27(17-14-22)24(30)18-26/h3-12,22H,2,13-20H2,1H3. The summed E-state index contributed by atoms with van der Waals surface area (Å²) in [5.74, 6) is -0.399. The number of alkyl halides is 1. The largest absolute Gasteiger partial charge is 0.342 e. The van der Waals surface area contributed by atoms with Gasteiger partial charge in [-0.15, -0.1) is 11.6 Å². The minimum atomic E-state index is -3.80. The molecule has 1 aliphatic heterocycles. The molecule has 0 radical (unpaired) electrons. The van der Waals surface area contributed by atoms with Crippen molar-refractivity contribution in [1.82, 2.24) is 14.1 Å². The fraction of sp³-hybridized carbons (Fsp3) is 0.440. The SMILES string of the molecule is CCCN(CC(=O)N(Cc1ccccc1)C1CCN(C(=O)CCl)CC1)S(=O)(=O)c1ccccc1.